The van der Waals surface area contributed by atoms with Gasteiger partial charge in [-0.3, -0.25) is 24.5 Å². The van der Waals surface area contributed by atoms with Crippen molar-refractivity contribution in [1.82, 2.24) is 20.2 Å². The third kappa shape index (κ3) is 7.20. The Morgan fingerprint density at radius 3 is 2.81 bits per heavy atom. The minimum Gasteiger partial charge on any atom is -0.477 e. The van der Waals surface area contributed by atoms with Gasteiger partial charge >= 0.3 is 5.97 Å². The van der Waals surface area contributed by atoms with Crippen molar-refractivity contribution in [1.29, 1.82) is 0 Å². The molecule has 2 aliphatic rings. The van der Waals surface area contributed by atoms with E-state index in [1.54, 1.807) is 18.5 Å². The van der Waals surface area contributed by atoms with Gasteiger partial charge in [-0.2, -0.15) is 0 Å². The van der Waals surface area contributed by atoms with Crippen LogP contribution in [0.2, 0.25) is 4.34 Å². The number of carboxylic acid groups (broad SMARTS) is 1. The van der Waals surface area contributed by atoms with Gasteiger partial charge in [0.1, 0.15) is 40.4 Å². The molecule has 0 unspecified atom stereocenters. The molecule has 2 aliphatic heterocycles. The van der Waals surface area contributed by atoms with Crippen LogP contribution in [-0.4, -0.2) is 92.2 Å². The zero-order valence-electron chi connectivity index (χ0n) is 21.4. The summed E-state index contributed by atoms with van der Waals surface area (Å²) in [7, 11) is 0. The lowest BCUT2D eigenvalue weighted by atomic mass is 10.0. The summed E-state index contributed by atoms with van der Waals surface area (Å²) in [6, 6.07) is 0.673. The molecule has 42 heavy (non-hydrogen) atoms. The summed E-state index contributed by atoms with van der Waals surface area (Å²) in [4.78, 5) is 58.7. The molecule has 224 valence electrons. The van der Waals surface area contributed by atoms with E-state index in [-0.39, 0.29) is 32.6 Å². The average Bonchev–Trinajstić information content (AvgIpc) is 3.29. The van der Waals surface area contributed by atoms with Crippen LogP contribution in [0.15, 0.2) is 49.0 Å². The van der Waals surface area contributed by atoms with E-state index < -0.39 is 48.2 Å². The van der Waals surface area contributed by atoms with E-state index in [4.69, 9.17) is 33.6 Å². The zero-order valence-corrected chi connectivity index (χ0v) is 25.4. The number of aliphatic imine (C=N–C) groups is 1. The van der Waals surface area contributed by atoms with Crippen LogP contribution in [0.3, 0.4) is 0 Å². The number of amides is 2. The summed E-state index contributed by atoms with van der Waals surface area (Å²) < 4.78 is 12.6. The predicted octanol–water partition coefficient (Wildman–Crippen LogP) is 1.32. The number of hydrogen-bond donors (Lipinski definition) is 5. The van der Waals surface area contributed by atoms with Crippen LogP contribution in [0.1, 0.15) is 5.69 Å². The van der Waals surface area contributed by atoms with E-state index in [0.29, 0.717) is 17.2 Å². The van der Waals surface area contributed by atoms with E-state index in [1.165, 1.54) is 35.3 Å². The summed E-state index contributed by atoms with van der Waals surface area (Å²) in [6.07, 6.45) is 3.24. The number of nitrogens with two attached hydrogens (primary N) is 3. The summed E-state index contributed by atoms with van der Waals surface area (Å²) in [6.45, 7) is -0.898. The number of oxime groups is 1. The Morgan fingerprint density at radius 1 is 1.36 bits per heavy atom. The molecule has 2 aromatic heterocycles. The van der Waals surface area contributed by atoms with E-state index >= 15 is 0 Å². The van der Waals surface area contributed by atoms with Crippen LogP contribution in [0, 0.1) is 0 Å². The lowest BCUT2D eigenvalue weighted by Crippen LogP contribution is -2.71. The number of fused-ring (bicyclic) bond motifs is 1. The van der Waals surface area contributed by atoms with Gasteiger partial charge in [0.05, 0.1) is 6.54 Å². The highest BCUT2D eigenvalue weighted by Gasteiger charge is 2.54. The predicted molar refractivity (Wildman–Crippen MR) is 161 cm³/mol. The number of thiazole rings is 1. The lowest BCUT2D eigenvalue weighted by Gasteiger charge is -2.49. The molecule has 2 aromatic rings. The number of rotatable bonds is 13. The van der Waals surface area contributed by atoms with Crippen molar-refractivity contribution in [2.45, 2.75) is 21.2 Å². The second-order valence-corrected chi connectivity index (χ2v) is 13.2. The second-order valence-electron chi connectivity index (χ2n) is 8.15. The Labute approximate surface area is 259 Å². The van der Waals surface area contributed by atoms with Gasteiger partial charge in [0.25, 0.3) is 11.8 Å². The Morgan fingerprint density at radius 2 is 2.14 bits per heavy atom. The van der Waals surface area contributed by atoms with Crippen LogP contribution in [-0.2, 0) is 19.2 Å². The number of nitrogens with zero attached hydrogens (tertiary/aromatic N) is 5. The fraction of sp³-hybridized carbons (Fsp3) is 0.318. The topological polar surface area (TPSA) is 225 Å². The van der Waals surface area contributed by atoms with Crippen LogP contribution in [0.5, 0.6) is 0 Å². The number of hydrogen-bond acceptors (Lipinski definition) is 13. The van der Waals surface area contributed by atoms with Gasteiger partial charge in [0.2, 0.25) is 0 Å². The van der Waals surface area contributed by atoms with Crippen molar-refractivity contribution in [2.75, 3.05) is 37.1 Å². The number of aliphatic carboxylic acids is 1. The summed E-state index contributed by atoms with van der Waals surface area (Å²) in [5, 5.41) is 15.6. The largest absolute Gasteiger partial charge is 0.477 e. The van der Waals surface area contributed by atoms with Gasteiger partial charge in [-0.1, -0.05) is 39.9 Å². The van der Waals surface area contributed by atoms with Gasteiger partial charge in [0.15, 0.2) is 16.8 Å². The molecule has 2 amide bonds. The maximum Gasteiger partial charge on any atom is 0.353 e. The highest BCUT2D eigenvalue weighted by molar-refractivity contribution is 8.07. The summed E-state index contributed by atoms with van der Waals surface area (Å²) in [5.74, 6) is -2.00. The molecule has 1 fully saturated rings. The van der Waals surface area contributed by atoms with E-state index in [1.807, 2.05) is 0 Å². The number of carbonyl (C=O) groups is 3. The Kier molecular flexibility index (Phi) is 10.8. The van der Waals surface area contributed by atoms with Gasteiger partial charge in [-0.25, -0.2) is 14.2 Å². The number of carboxylic acids is 1. The summed E-state index contributed by atoms with van der Waals surface area (Å²) >= 11 is 11.0. The normalized spacial score (nSPS) is 18.3. The average molecular weight is 676 g/mol. The van der Waals surface area contributed by atoms with Crippen molar-refractivity contribution in [2.24, 2.45) is 21.6 Å². The quantitative estimate of drug-likeness (QED) is 0.0505. The lowest BCUT2D eigenvalue weighted by molar-refractivity contribution is -0.150. The number of nitrogens with one attached hydrogen (secondary N) is 1. The Bertz CT molecular complexity index is 1470. The van der Waals surface area contributed by atoms with Crippen molar-refractivity contribution in [3.05, 3.63) is 39.1 Å². The fourth-order valence-corrected chi connectivity index (χ4v) is 8.14. The number of β-lactam (4-membered cyclic amide) rings is 1. The molecular weight excluding hydrogens is 653 g/mol. The van der Waals surface area contributed by atoms with Crippen molar-refractivity contribution in [3.63, 3.8) is 0 Å². The van der Waals surface area contributed by atoms with E-state index in [2.05, 4.69) is 25.4 Å². The van der Waals surface area contributed by atoms with Crippen LogP contribution < -0.4 is 22.5 Å². The molecule has 4 heterocycles. The van der Waals surface area contributed by atoms with Gasteiger partial charge in [-0.15, -0.1) is 23.5 Å². The maximum absolute atomic E-state index is 13.2. The highest BCUT2D eigenvalue weighted by atomic mass is 35.5. The number of alkyl halides is 1. The molecule has 8 N–H and O–H groups in total. The number of nitrogen functional groups attached to an aromatic ring is 1. The SMILES string of the molecule is NC(N)=NCCSc1cnccc1SC1=C(C(=O)O)N2C(=O)[C@@H](NC(=O)/C(=N\OCCF)c3nc(N)sc3Cl)[C@H]2SC1. The first-order valence-corrected chi connectivity index (χ1v) is 15.9. The molecule has 20 heteroatoms. The third-order valence-corrected chi connectivity index (χ3v) is 10.3. The number of anilines is 1. The minimum absolute atomic E-state index is 0.0135. The molecule has 0 saturated carbocycles. The first-order valence-electron chi connectivity index (χ1n) is 11.8. The molecular formula is C22H23ClFN9O5S4. The highest BCUT2D eigenvalue weighted by Crippen LogP contribution is 2.46. The molecule has 1 saturated heterocycles. The van der Waals surface area contributed by atoms with Crippen molar-refractivity contribution >= 4 is 92.8 Å². The van der Waals surface area contributed by atoms with Crippen molar-refractivity contribution in [3.8, 4) is 0 Å². The smallest absolute Gasteiger partial charge is 0.353 e. The first-order chi connectivity index (χ1) is 20.1. The Balaban J connectivity index is 1.51. The van der Waals surface area contributed by atoms with Gasteiger partial charge < -0.3 is 32.5 Å². The monoisotopic (exact) mass is 675 g/mol. The molecule has 14 nitrogen and oxygen atoms in total. The minimum atomic E-state index is -1.29. The number of aromatic nitrogens is 2. The van der Waals surface area contributed by atoms with E-state index in [0.717, 1.165) is 26.0 Å². The molecule has 2 atom stereocenters. The van der Waals surface area contributed by atoms with E-state index in [9.17, 15) is 23.9 Å². The third-order valence-electron chi connectivity index (χ3n) is 5.41. The molecule has 4 rings (SSSR count). The molecule has 0 spiro atoms. The number of thioether (sulfide) groups is 3. The molecule has 0 radical (unpaired) electrons. The van der Waals surface area contributed by atoms with Crippen molar-refractivity contribution < 1.29 is 28.7 Å². The summed E-state index contributed by atoms with van der Waals surface area (Å²) in [5.41, 5.74) is 15.7. The number of guanidine groups is 1. The molecule has 0 bridgehead atoms. The molecule has 0 aromatic carbocycles. The maximum atomic E-state index is 13.2. The van der Waals surface area contributed by atoms with Gasteiger partial charge in [0, 0.05) is 38.6 Å². The fourth-order valence-electron chi connectivity index (χ4n) is 3.70. The first kappa shape index (κ1) is 31.7. The van der Waals surface area contributed by atoms with Crippen LogP contribution >= 0.6 is 58.2 Å². The molecule has 0 aliphatic carbocycles. The number of halogens is 2. The van der Waals surface area contributed by atoms with Gasteiger partial charge in [-0.05, 0) is 6.07 Å². The Hall–Kier alpha value is -3.26. The number of pyridine rings is 1. The van der Waals surface area contributed by atoms with Crippen LogP contribution in [0.25, 0.3) is 0 Å². The standard InChI is InChI=1S/C22H23ClFN9O5S4/c23-16-12(31-22(27)42-16)13(32-38-5-2-24)17(34)30-14-18(35)33-15(20(36)37)11(8-40-19(14)33)41-9-1-3-28-7-10(9)39-6-4-29-21(25)26/h1,3,7,14,19H,2,4-6,8H2,(H2,27,31)(H,30,34)(H,36,37)(H4,25,26,29)/b32-13-/t14-,19-/m1/s1. The van der Waals surface area contributed by atoms with Crippen LogP contribution in [0.4, 0.5) is 9.52 Å². The number of carbonyl (C=O) groups excluding carboxylic acids is 2. The second kappa shape index (κ2) is 14.3. The zero-order chi connectivity index (χ0) is 30.4.